The molecule has 1 heterocycles. The van der Waals surface area contributed by atoms with E-state index in [0.29, 0.717) is 44.0 Å². The highest BCUT2D eigenvalue weighted by atomic mass is 35.5. The standard InChI is InChI=1S/C25H31ClN2O3/c1-18-5-6-19(2)25(20(18)3)31-17-24(30)28-14-4-13-27(15-16-28)23(29)12-9-21-7-10-22(26)11-8-21/h5-8,10-11H,4,9,12-17H2,1-3H3. The molecule has 2 aromatic carbocycles. The number of carbonyl (C=O) groups excluding carboxylic acids is 2. The first-order valence-electron chi connectivity index (χ1n) is 10.8. The SMILES string of the molecule is Cc1ccc(C)c(OCC(=O)N2CCCN(C(=O)CCc3ccc(Cl)cc3)CC2)c1C. The van der Waals surface area contributed by atoms with Crippen molar-refractivity contribution in [2.45, 2.75) is 40.0 Å². The number of hydrogen-bond donors (Lipinski definition) is 0. The highest BCUT2D eigenvalue weighted by Crippen LogP contribution is 2.25. The number of halogens is 1. The fourth-order valence-electron chi connectivity index (χ4n) is 3.85. The molecule has 0 aliphatic carbocycles. The molecule has 1 saturated heterocycles. The Morgan fingerprint density at radius 3 is 2.16 bits per heavy atom. The van der Waals surface area contributed by atoms with E-state index in [1.807, 2.05) is 60.9 Å². The zero-order chi connectivity index (χ0) is 22.4. The van der Waals surface area contributed by atoms with E-state index in [1.165, 1.54) is 0 Å². The number of aryl methyl sites for hydroxylation is 3. The molecular formula is C25H31ClN2O3. The van der Waals surface area contributed by atoms with E-state index in [4.69, 9.17) is 16.3 Å². The molecule has 0 atom stereocenters. The molecule has 1 aliphatic heterocycles. The second kappa shape index (κ2) is 10.7. The van der Waals surface area contributed by atoms with Crippen molar-refractivity contribution in [1.29, 1.82) is 0 Å². The third-order valence-electron chi connectivity index (χ3n) is 5.96. The smallest absolute Gasteiger partial charge is 0.260 e. The van der Waals surface area contributed by atoms with Gasteiger partial charge in [0, 0.05) is 37.6 Å². The Balaban J connectivity index is 1.48. The summed E-state index contributed by atoms with van der Waals surface area (Å²) in [6.07, 6.45) is 1.93. The van der Waals surface area contributed by atoms with Gasteiger partial charge in [-0.2, -0.15) is 0 Å². The summed E-state index contributed by atoms with van der Waals surface area (Å²) in [4.78, 5) is 29.1. The van der Waals surface area contributed by atoms with E-state index in [1.54, 1.807) is 0 Å². The lowest BCUT2D eigenvalue weighted by Gasteiger charge is -2.23. The molecule has 2 amide bonds. The molecule has 166 valence electrons. The number of nitrogens with zero attached hydrogens (tertiary/aromatic N) is 2. The number of carbonyl (C=O) groups is 2. The van der Waals surface area contributed by atoms with Gasteiger partial charge in [-0.3, -0.25) is 9.59 Å². The van der Waals surface area contributed by atoms with Crippen LogP contribution in [-0.4, -0.2) is 54.4 Å². The van der Waals surface area contributed by atoms with Crippen LogP contribution in [0.25, 0.3) is 0 Å². The van der Waals surface area contributed by atoms with Crippen LogP contribution in [0.4, 0.5) is 0 Å². The van der Waals surface area contributed by atoms with Crippen molar-refractivity contribution in [3.05, 3.63) is 63.7 Å². The fraction of sp³-hybridized carbons (Fsp3) is 0.440. The molecule has 0 aromatic heterocycles. The summed E-state index contributed by atoms with van der Waals surface area (Å²) >= 11 is 5.92. The minimum Gasteiger partial charge on any atom is -0.483 e. The number of rotatable bonds is 6. The van der Waals surface area contributed by atoms with E-state index in [0.717, 1.165) is 34.4 Å². The molecule has 0 bridgehead atoms. The zero-order valence-corrected chi connectivity index (χ0v) is 19.4. The van der Waals surface area contributed by atoms with Gasteiger partial charge in [0.25, 0.3) is 5.91 Å². The number of ether oxygens (including phenoxy) is 1. The molecular weight excluding hydrogens is 412 g/mol. The summed E-state index contributed by atoms with van der Waals surface area (Å²) in [6.45, 7) is 8.50. The van der Waals surface area contributed by atoms with Crippen molar-refractivity contribution in [2.75, 3.05) is 32.8 Å². The van der Waals surface area contributed by atoms with Gasteiger partial charge in [0.1, 0.15) is 5.75 Å². The van der Waals surface area contributed by atoms with E-state index in [2.05, 4.69) is 6.07 Å². The Hall–Kier alpha value is -2.53. The minimum atomic E-state index is -0.0317. The minimum absolute atomic E-state index is 0.0235. The van der Waals surface area contributed by atoms with Crippen LogP contribution in [-0.2, 0) is 16.0 Å². The molecule has 2 aromatic rings. The van der Waals surface area contributed by atoms with Crippen LogP contribution >= 0.6 is 11.6 Å². The molecule has 0 radical (unpaired) electrons. The van der Waals surface area contributed by atoms with Crippen molar-refractivity contribution in [1.82, 2.24) is 9.80 Å². The van der Waals surface area contributed by atoms with Crippen LogP contribution in [0.5, 0.6) is 5.75 Å². The monoisotopic (exact) mass is 442 g/mol. The molecule has 0 spiro atoms. The Labute approximate surface area is 189 Å². The van der Waals surface area contributed by atoms with E-state index >= 15 is 0 Å². The third kappa shape index (κ3) is 6.23. The van der Waals surface area contributed by atoms with Crippen LogP contribution in [0, 0.1) is 20.8 Å². The lowest BCUT2D eigenvalue weighted by Crippen LogP contribution is -2.39. The van der Waals surface area contributed by atoms with Gasteiger partial charge in [-0.15, -0.1) is 0 Å². The fourth-order valence-corrected chi connectivity index (χ4v) is 3.98. The van der Waals surface area contributed by atoms with E-state index in [-0.39, 0.29) is 18.4 Å². The third-order valence-corrected chi connectivity index (χ3v) is 6.21. The Bertz CT molecular complexity index is 927. The van der Waals surface area contributed by atoms with Crippen LogP contribution < -0.4 is 4.74 Å². The Morgan fingerprint density at radius 2 is 1.48 bits per heavy atom. The zero-order valence-electron chi connectivity index (χ0n) is 18.6. The average molecular weight is 443 g/mol. The number of benzene rings is 2. The Kier molecular flexibility index (Phi) is 7.97. The van der Waals surface area contributed by atoms with Crippen LogP contribution in [0.2, 0.25) is 5.02 Å². The van der Waals surface area contributed by atoms with Gasteiger partial charge in [0.2, 0.25) is 5.91 Å². The molecule has 6 heteroatoms. The number of amides is 2. The first-order valence-corrected chi connectivity index (χ1v) is 11.2. The maximum absolute atomic E-state index is 12.7. The van der Waals surface area contributed by atoms with Crippen LogP contribution in [0.1, 0.15) is 35.1 Å². The molecule has 1 aliphatic rings. The molecule has 1 fully saturated rings. The molecule has 0 unspecified atom stereocenters. The molecule has 0 N–H and O–H groups in total. The summed E-state index contributed by atoms with van der Waals surface area (Å²) in [5, 5.41) is 0.698. The molecule has 31 heavy (non-hydrogen) atoms. The highest BCUT2D eigenvalue weighted by Gasteiger charge is 2.22. The predicted molar refractivity (Wildman–Crippen MR) is 124 cm³/mol. The van der Waals surface area contributed by atoms with Gasteiger partial charge < -0.3 is 14.5 Å². The lowest BCUT2D eigenvalue weighted by molar-refractivity contribution is -0.134. The van der Waals surface area contributed by atoms with E-state index < -0.39 is 0 Å². The first-order chi connectivity index (χ1) is 14.8. The average Bonchev–Trinajstić information content (AvgIpc) is 3.02. The van der Waals surface area contributed by atoms with Crippen molar-refractivity contribution >= 4 is 23.4 Å². The summed E-state index contributed by atoms with van der Waals surface area (Å²) < 4.78 is 5.89. The van der Waals surface area contributed by atoms with Crippen LogP contribution in [0.15, 0.2) is 36.4 Å². The van der Waals surface area contributed by atoms with Gasteiger partial charge in [-0.1, -0.05) is 35.9 Å². The second-order valence-corrected chi connectivity index (χ2v) is 8.62. The van der Waals surface area contributed by atoms with E-state index in [9.17, 15) is 9.59 Å². The van der Waals surface area contributed by atoms with Crippen LogP contribution in [0.3, 0.4) is 0 Å². The van der Waals surface area contributed by atoms with Gasteiger partial charge in [-0.25, -0.2) is 0 Å². The maximum atomic E-state index is 12.7. The normalized spacial score (nSPS) is 14.3. The summed E-state index contributed by atoms with van der Waals surface area (Å²) in [5.41, 5.74) is 4.35. The van der Waals surface area contributed by atoms with Crippen molar-refractivity contribution < 1.29 is 14.3 Å². The van der Waals surface area contributed by atoms with Gasteiger partial charge in [0.15, 0.2) is 6.61 Å². The van der Waals surface area contributed by atoms with Crippen molar-refractivity contribution in [3.8, 4) is 5.75 Å². The Morgan fingerprint density at radius 1 is 0.871 bits per heavy atom. The molecule has 3 rings (SSSR count). The topological polar surface area (TPSA) is 49.9 Å². The van der Waals surface area contributed by atoms with Gasteiger partial charge in [-0.05, 0) is 68.0 Å². The quantitative estimate of drug-likeness (QED) is 0.668. The predicted octanol–water partition coefficient (Wildman–Crippen LogP) is 4.34. The highest BCUT2D eigenvalue weighted by molar-refractivity contribution is 6.30. The molecule has 0 saturated carbocycles. The van der Waals surface area contributed by atoms with Crippen molar-refractivity contribution in [2.24, 2.45) is 0 Å². The largest absolute Gasteiger partial charge is 0.483 e. The van der Waals surface area contributed by atoms with Gasteiger partial charge >= 0.3 is 0 Å². The summed E-state index contributed by atoms with van der Waals surface area (Å²) in [7, 11) is 0. The maximum Gasteiger partial charge on any atom is 0.260 e. The number of hydrogen-bond acceptors (Lipinski definition) is 3. The lowest BCUT2D eigenvalue weighted by atomic mass is 10.1. The summed E-state index contributed by atoms with van der Waals surface area (Å²) in [5.74, 6) is 0.893. The van der Waals surface area contributed by atoms with Gasteiger partial charge in [0.05, 0.1) is 0 Å². The second-order valence-electron chi connectivity index (χ2n) is 8.18. The first kappa shape index (κ1) is 23.1. The summed E-state index contributed by atoms with van der Waals surface area (Å²) in [6, 6.07) is 11.7. The molecule has 5 nitrogen and oxygen atoms in total. The van der Waals surface area contributed by atoms with Crippen molar-refractivity contribution in [3.63, 3.8) is 0 Å².